The molecule has 0 N–H and O–H groups in total. The van der Waals surface area contributed by atoms with Crippen LogP contribution in [-0.2, 0) is 11.5 Å². The van der Waals surface area contributed by atoms with Gasteiger partial charge in [0.15, 0.2) is 0 Å². The second kappa shape index (κ2) is 9.33. The molecule has 1 atom stereocenters. The fourth-order valence-corrected chi connectivity index (χ4v) is 5.19. The van der Waals surface area contributed by atoms with Crippen LogP contribution in [0.3, 0.4) is 0 Å². The summed E-state index contributed by atoms with van der Waals surface area (Å²) >= 11 is 0. The van der Waals surface area contributed by atoms with Crippen molar-refractivity contribution in [2.45, 2.75) is 70.6 Å². The van der Waals surface area contributed by atoms with E-state index in [0.717, 1.165) is 34.9 Å². The zero-order chi connectivity index (χ0) is 21.8. The van der Waals surface area contributed by atoms with Gasteiger partial charge >= 0.3 is 0 Å². The first-order chi connectivity index (χ1) is 15.0. The molecule has 0 spiro atoms. The van der Waals surface area contributed by atoms with Gasteiger partial charge in [-0.25, -0.2) is 9.97 Å². The predicted molar refractivity (Wildman–Crippen MR) is 124 cm³/mol. The van der Waals surface area contributed by atoms with Crippen LogP contribution in [0.2, 0.25) is 25.7 Å². The van der Waals surface area contributed by atoms with Gasteiger partial charge in [-0.3, -0.25) is 4.68 Å². The maximum absolute atomic E-state index is 9.34. The minimum atomic E-state index is -1.10. The smallest absolute Gasteiger partial charge is 0.145 e. The van der Waals surface area contributed by atoms with E-state index in [1.807, 2.05) is 33.9 Å². The van der Waals surface area contributed by atoms with Crippen molar-refractivity contribution in [3.8, 4) is 17.3 Å². The first kappa shape index (κ1) is 21.7. The van der Waals surface area contributed by atoms with E-state index >= 15 is 0 Å². The summed E-state index contributed by atoms with van der Waals surface area (Å²) in [6.07, 6.45) is 12.9. The molecule has 4 rings (SSSR count). The Hall–Kier alpha value is -2.50. The topological polar surface area (TPSA) is 81.5 Å². The molecule has 1 saturated carbocycles. The predicted octanol–water partition coefficient (Wildman–Crippen LogP) is 5.25. The Kier molecular flexibility index (Phi) is 6.53. The Bertz CT molecular complexity index is 1050. The van der Waals surface area contributed by atoms with E-state index < -0.39 is 8.07 Å². The number of aromatic nitrogens is 5. The van der Waals surface area contributed by atoms with Crippen LogP contribution < -0.4 is 0 Å². The second-order valence-corrected chi connectivity index (χ2v) is 15.4. The Morgan fingerprint density at radius 3 is 2.81 bits per heavy atom. The lowest BCUT2D eigenvalue weighted by Gasteiger charge is -2.21. The summed E-state index contributed by atoms with van der Waals surface area (Å²) in [5, 5.41) is 15.0. The highest BCUT2D eigenvalue weighted by Crippen LogP contribution is 2.36. The average molecular weight is 437 g/mol. The summed E-state index contributed by atoms with van der Waals surface area (Å²) in [5.41, 5.74) is 2.71. The first-order valence-electron chi connectivity index (χ1n) is 11.3. The van der Waals surface area contributed by atoms with Crippen molar-refractivity contribution in [1.29, 1.82) is 5.26 Å². The number of ether oxygens (including phenoxy) is 1. The summed E-state index contributed by atoms with van der Waals surface area (Å²) in [5.74, 6) is 0.534. The summed E-state index contributed by atoms with van der Waals surface area (Å²) in [7, 11) is -1.10. The third kappa shape index (κ3) is 5.05. The molecule has 1 fully saturated rings. The Balaban J connectivity index is 1.54. The quantitative estimate of drug-likeness (QED) is 0.338. The first-order valence-corrected chi connectivity index (χ1v) is 15.0. The maximum Gasteiger partial charge on any atom is 0.145 e. The third-order valence-electron chi connectivity index (χ3n) is 6.24. The average Bonchev–Trinajstić information content (AvgIpc) is 3.50. The summed E-state index contributed by atoms with van der Waals surface area (Å²) < 4.78 is 9.94. The van der Waals surface area contributed by atoms with Crippen molar-refractivity contribution in [2.75, 3.05) is 6.61 Å². The highest BCUT2D eigenvalue weighted by molar-refractivity contribution is 6.76. The molecular formula is C23H32N6OSi. The van der Waals surface area contributed by atoms with Gasteiger partial charge in [0.25, 0.3) is 0 Å². The number of fused-ring (bicyclic) bond motifs is 1. The van der Waals surface area contributed by atoms with Crippen molar-refractivity contribution < 1.29 is 4.74 Å². The minimum absolute atomic E-state index is 0.142. The van der Waals surface area contributed by atoms with Crippen LogP contribution >= 0.6 is 0 Å². The van der Waals surface area contributed by atoms with E-state index in [0.29, 0.717) is 19.1 Å². The van der Waals surface area contributed by atoms with Crippen LogP contribution in [0, 0.1) is 17.2 Å². The van der Waals surface area contributed by atoms with Crippen LogP contribution in [0.5, 0.6) is 0 Å². The molecule has 8 heteroatoms. The molecule has 164 valence electrons. The lowest BCUT2D eigenvalue weighted by atomic mass is 9.96. The molecule has 0 radical (unpaired) electrons. The normalized spacial score (nSPS) is 16.1. The van der Waals surface area contributed by atoms with E-state index in [4.69, 9.17) is 4.74 Å². The molecule has 1 aliphatic rings. The molecule has 1 aliphatic carbocycles. The van der Waals surface area contributed by atoms with Crippen molar-refractivity contribution in [3.63, 3.8) is 0 Å². The molecule has 3 heterocycles. The van der Waals surface area contributed by atoms with Gasteiger partial charge in [-0.05, 0) is 30.9 Å². The SMILES string of the molecule is C[Si](C)(C)CCOCn1ccc2c(-c3cnn([C@H](CC#N)C4CCCC4)c3)ncnc21. The molecule has 7 nitrogen and oxygen atoms in total. The fraction of sp³-hybridized carbons (Fsp3) is 0.565. The fourth-order valence-electron chi connectivity index (χ4n) is 4.43. The number of nitriles is 1. The molecule has 31 heavy (non-hydrogen) atoms. The number of hydrogen-bond donors (Lipinski definition) is 0. The van der Waals surface area contributed by atoms with E-state index in [1.54, 1.807) is 6.33 Å². The van der Waals surface area contributed by atoms with Gasteiger partial charge in [0.05, 0.1) is 30.4 Å². The van der Waals surface area contributed by atoms with Crippen LogP contribution in [0.1, 0.15) is 38.1 Å². The molecule has 3 aromatic heterocycles. The Morgan fingerprint density at radius 1 is 1.26 bits per heavy atom. The number of nitrogens with zero attached hydrogens (tertiary/aromatic N) is 6. The molecule has 3 aromatic rings. The third-order valence-corrected chi connectivity index (χ3v) is 7.95. The summed E-state index contributed by atoms with van der Waals surface area (Å²) in [6.45, 7) is 8.34. The second-order valence-electron chi connectivity index (χ2n) is 9.78. The van der Waals surface area contributed by atoms with Gasteiger partial charge in [-0.2, -0.15) is 10.4 Å². The Labute approximate surface area is 185 Å². The highest BCUT2D eigenvalue weighted by atomic mass is 28.3. The summed E-state index contributed by atoms with van der Waals surface area (Å²) in [4.78, 5) is 9.06. The van der Waals surface area contributed by atoms with Crippen LogP contribution in [0.15, 0.2) is 31.0 Å². The van der Waals surface area contributed by atoms with Crippen molar-refractivity contribution in [1.82, 2.24) is 24.3 Å². The van der Waals surface area contributed by atoms with Crippen molar-refractivity contribution >= 4 is 19.1 Å². The Morgan fingerprint density at radius 2 is 2.06 bits per heavy atom. The minimum Gasteiger partial charge on any atom is -0.361 e. The number of hydrogen-bond acceptors (Lipinski definition) is 5. The molecule has 0 aromatic carbocycles. The molecule has 0 saturated heterocycles. The van der Waals surface area contributed by atoms with Gasteiger partial charge < -0.3 is 9.30 Å². The van der Waals surface area contributed by atoms with Crippen LogP contribution in [0.25, 0.3) is 22.3 Å². The van der Waals surface area contributed by atoms with Gasteiger partial charge in [0, 0.05) is 38.0 Å². The van der Waals surface area contributed by atoms with Gasteiger partial charge in [0.1, 0.15) is 18.7 Å². The maximum atomic E-state index is 9.34. The zero-order valence-electron chi connectivity index (χ0n) is 18.8. The monoisotopic (exact) mass is 436 g/mol. The summed E-state index contributed by atoms with van der Waals surface area (Å²) in [6, 6.07) is 5.70. The van der Waals surface area contributed by atoms with E-state index in [9.17, 15) is 5.26 Å². The van der Waals surface area contributed by atoms with Gasteiger partial charge in [0.2, 0.25) is 0 Å². The molecule has 0 aliphatic heterocycles. The van der Waals surface area contributed by atoms with Crippen molar-refractivity contribution in [2.24, 2.45) is 5.92 Å². The van der Waals surface area contributed by atoms with E-state index in [2.05, 4.69) is 40.8 Å². The van der Waals surface area contributed by atoms with Crippen molar-refractivity contribution in [3.05, 3.63) is 31.0 Å². The van der Waals surface area contributed by atoms with Crippen LogP contribution in [-0.4, -0.2) is 39.0 Å². The van der Waals surface area contributed by atoms with Gasteiger partial charge in [-0.1, -0.05) is 32.5 Å². The number of rotatable bonds is 9. The zero-order valence-corrected chi connectivity index (χ0v) is 19.8. The van der Waals surface area contributed by atoms with Gasteiger partial charge in [-0.15, -0.1) is 0 Å². The standard InChI is InChI=1S/C23H32N6OSi/c1-31(2,3)13-12-30-17-28-11-9-20-22(25-16-26-23(20)28)19-14-27-29(15-19)21(8-10-24)18-6-4-5-7-18/h9,11,14-16,18,21H,4-8,12-13,17H2,1-3H3/t21-/m1/s1. The lowest BCUT2D eigenvalue weighted by molar-refractivity contribution is 0.0899. The molecule has 0 bridgehead atoms. The molecule has 0 amide bonds. The highest BCUT2D eigenvalue weighted by Gasteiger charge is 2.27. The molecular weight excluding hydrogens is 404 g/mol. The molecule has 0 unspecified atom stereocenters. The lowest BCUT2D eigenvalue weighted by Crippen LogP contribution is -2.22. The van der Waals surface area contributed by atoms with Crippen LogP contribution in [0.4, 0.5) is 0 Å². The van der Waals surface area contributed by atoms with E-state index in [-0.39, 0.29) is 6.04 Å². The largest absolute Gasteiger partial charge is 0.361 e. The van der Waals surface area contributed by atoms with E-state index in [1.165, 1.54) is 25.7 Å².